The topological polar surface area (TPSA) is 66.8 Å². The van der Waals surface area contributed by atoms with Crippen molar-refractivity contribution in [2.75, 3.05) is 12.0 Å². The fourth-order valence-electron chi connectivity index (χ4n) is 4.01. The van der Waals surface area contributed by atoms with E-state index in [2.05, 4.69) is 0 Å². The predicted octanol–water partition coefficient (Wildman–Crippen LogP) is 4.66. The second-order valence-corrected chi connectivity index (χ2v) is 8.08. The number of aliphatic hydroxyl groups is 1. The highest BCUT2D eigenvalue weighted by Crippen LogP contribution is 2.45. The molecular weight excluding hydrogens is 414 g/mol. The van der Waals surface area contributed by atoms with Crippen molar-refractivity contribution < 1.29 is 19.4 Å². The molecule has 4 rings (SSSR count). The molecule has 0 saturated heterocycles. The number of carbonyl (C=O) groups is 2. The quantitative estimate of drug-likeness (QED) is 0.571. The van der Waals surface area contributed by atoms with Gasteiger partial charge in [-0.15, -0.1) is 0 Å². The lowest BCUT2D eigenvalue weighted by Gasteiger charge is -2.23. The Hall–Kier alpha value is -3.15. The lowest BCUT2D eigenvalue weighted by Crippen LogP contribution is -2.41. The second-order valence-electron chi connectivity index (χ2n) is 7.64. The van der Waals surface area contributed by atoms with Crippen LogP contribution in [0.5, 0.6) is 5.75 Å². The molecule has 0 spiro atoms. The number of ketones is 1. The zero-order valence-corrected chi connectivity index (χ0v) is 18.0. The van der Waals surface area contributed by atoms with Gasteiger partial charge in [0.1, 0.15) is 5.75 Å². The first-order valence-corrected chi connectivity index (χ1v) is 10.3. The lowest BCUT2D eigenvalue weighted by atomic mass is 9.88. The SMILES string of the molecule is COc1ccccc1C(=O)C[C@]1(O)C(=O)N(Cc2ccccc2C)c2ccc(Cl)cc21. The molecule has 0 aromatic heterocycles. The molecule has 158 valence electrons. The molecule has 1 amide bonds. The first-order chi connectivity index (χ1) is 14.8. The van der Waals surface area contributed by atoms with Crippen molar-refractivity contribution in [3.8, 4) is 5.75 Å². The lowest BCUT2D eigenvalue weighted by molar-refractivity contribution is -0.136. The zero-order valence-electron chi connectivity index (χ0n) is 17.3. The molecular formula is C25H22ClNO4. The molecule has 0 unspecified atom stereocenters. The van der Waals surface area contributed by atoms with Crippen LogP contribution in [0, 0.1) is 6.92 Å². The number of fused-ring (bicyclic) bond motifs is 1. The van der Waals surface area contributed by atoms with E-state index < -0.39 is 23.7 Å². The van der Waals surface area contributed by atoms with Crippen LogP contribution < -0.4 is 9.64 Å². The summed E-state index contributed by atoms with van der Waals surface area (Å²) in [5, 5.41) is 11.9. The van der Waals surface area contributed by atoms with E-state index in [1.165, 1.54) is 12.0 Å². The van der Waals surface area contributed by atoms with Crippen molar-refractivity contribution in [1.29, 1.82) is 0 Å². The summed E-state index contributed by atoms with van der Waals surface area (Å²) < 4.78 is 5.27. The number of methoxy groups -OCH3 is 1. The fourth-order valence-corrected chi connectivity index (χ4v) is 4.18. The van der Waals surface area contributed by atoms with Gasteiger partial charge in [-0.25, -0.2) is 0 Å². The minimum Gasteiger partial charge on any atom is -0.496 e. The van der Waals surface area contributed by atoms with Crippen molar-refractivity contribution in [3.63, 3.8) is 0 Å². The van der Waals surface area contributed by atoms with E-state index in [1.54, 1.807) is 42.5 Å². The van der Waals surface area contributed by atoms with Crippen LogP contribution in [0.4, 0.5) is 5.69 Å². The molecule has 6 heteroatoms. The number of carbonyl (C=O) groups excluding carboxylic acids is 2. The third kappa shape index (κ3) is 3.71. The summed E-state index contributed by atoms with van der Waals surface area (Å²) in [5.74, 6) is -0.544. The molecule has 1 aliphatic heterocycles. The van der Waals surface area contributed by atoms with E-state index >= 15 is 0 Å². The van der Waals surface area contributed by atoms with Gasteiger partial charge in [0.05, 0.1) is 31.3 Å². The fraction of sp³-hybridized carbons (Fsp3) is 0.200. The van der Waals surface area contributed by atoms with E-state index in [-0.39, 0.29) is 6.54 Å². The van der Waals surface area contributed by atoms with E-state index in [0.717, 1.165) is 11.1 Å². The standard InChI is InChI=1S/C25H22ClNO4/c1-16-7-3-4-8-17(16)15-27-21-12-11-18(26)13-20(21)25(30,24(27)29)14-22(28)19-9-5-6-10-23(19)31-2/h3-13,30H,14-15H2,1-2H3/t25-/m1/s1. The highest BCUT2D eigenvalue weighted by molar-refractivity contribution is 6.31. The number of halogens is 1. The van der Waals surface area contributed by atoms with Gasteiger partial charge >= 0.3 is 0 Å². The zero-order chi connectivity index (χ0) is 22.2. The van der Waals surface area contributed by atoms with Gasteiger partial charge in [0.2, 0.25) is 0 Å². The van der Waals surface area contributed by atoms with Crippen molar-refractivity contribution >= 4 is 29.0 Å². The molecule has 31 heavy (non-hydrogen) atoms. The first kappa shape index (κ1) is 21.1. The molecule has 1 N–H and O–H groups in total. The Morgan fingerprint density at radius 3 is 2.55 bits per heavy atom. The molecule has 1 atom stereocenters. The third-order valence-electron chi connectivity index (χ3n) is 5.71. The van der Waals surface area contributed by atoms with Crippen LogP contribution in [0.1, 0.15) is 33.5 Å². The van der Waals surface area contributed by atoms with E-state index in [0.29, 0.717) is 27.6 Å². The number of ether oxygens (including phenoxy) is 1. The number of para-hydroxylation sites is 1. The molecule has 3 aromatic rings. The van der Waals surface area contributed by atoms with Crippen molar-refractivity contribution in [1.82, 2.24) is 0 Å². The Kier molecular flexibility index (Phi) is 5.56. The minimum atomic E-state index is -2.01. The van der Waals surface area contributed by atoms with Crippen LogP contribution in [-0.4, -0.2) is 23.9 Å². The van der Waals surface area contributed by atoms with Gasteiger partial charge in [0, 0.05) is 10.6 Å². The Morgan fingerprint density at radius 2 is 1.81 bits per heavy atom. The maximum Gasteiger partial charge on any atom is 0.264 e. The summed E-state index contributed by atoms with van der Waals surface area (Å²) in [6, 6.07) is 19.4. The molecule has 1 heterocycles. The number of anilines is 1. The second kappa shape index (κ2) is 8.17. The molecule has 0 bridgehead atoms. The maximum atomic E-state index is 13.5. The van der Waals surface area contributed by atoms with Gasteiger partial charge in [0.25, 0.3) is 5.91 Å². The van der Waals surface area contributed by atoms with Crippen molar-refractivity contribution in [2.24, 2.45) is 0 Å². The average Bonchev–Trinajstić information content (AvgIpc) is 2.96. The molecule has 3 aromatic carbocycles. The van der Waals surface area contributed by atoms with E-state index in [9.17, 15) is 14.7 Å². The normalized spacial score (nSPS) is 17.5. The number of hydrogen-bond acceptors (Lipinski definition) is 4. The average molecular weight is 436 g/mol. The number of Topliss-reactive ketones (excluding diaryl/α,β-unsaturated/α-hetero) is 1. The van der Waals surface area contributed by atoms with Gasteiger partial charge < -0.3 is 14.7 Å². The van der Waals surface area contributed by atoms with Gasteiger partial charge in [0.15, 0.2) is 11.4 Å². The molecule has 0 aliphatic carbocycles. The molecule has 0 saturated carbocycles. The summed E-state index contributed by atoms with van der Waals surface area (Å²) in [5.41, 5.74) is 1.17. The third-order valence-corrected chi connectivity index (χ3v) is 5.94. The Bertz CT molecular complexity index is 1180. The van der Waals surface area contributed by atoms with Gasteiger partial charge in [-0.3, -0.25) is 9.59 Å². The molecule has 5 nitrogen and oxygen atoms in total. The van der Waals surface area contributed by atoms with E-state index in [4.69, 9.17) is 16.3 Å². The Labute approximate surface area is 185 Å². The highest BCUT2D eigenvalue weighted by atomic mass is 35.5. The number of rotatable bonds is 6. The van der Waals surface area contributed by atoms with Gasteiger partial charge in [-0.1, -0.05) is 48.0 Å². The molecule has 0 radical (unpaired) electrons. The van der Waals surface area contributed by atoms with Crippen LogP contribution in [0.25, 0.3) is 0 Å². The highest BCUT2D eigenvalue weighted by Gasteiger charge is 2.51. The van der Waals surface area contributed by atoms with Crippen LogP contribution in [-0.2, 0) is 16.9 Å². The van der Waals surface area contributed by atoms with Gasteiger partial charge in [-0.2, -0.15) is 0 Å². The first-order valence-electron chi connectivity index (χ1n) is 9.90. The molecule has 1 aliphatic rings. The van der Waals surface area contributed by atoms with Crippen molar-refractivity contribution in [3.05, 3.63) is 94.0 Å². The summed E-state index contributed by atoms with van der Waals surface area (Å²) in [7, 11) is 1.47. The largest absolute Gasteiger partial charge is 0.496 e. The number of benzene rings is 3. The van der Waals surface area contributed by atoms with Crippen molar-refractivity contribution in [2.45, 2.75) is 25.5 Å². The maximum absolute atomic E-state index is 13.5. The number of amides is 1. The monoisotopic (exact) mass is 435 g/mol. The number of aryl methyl sites for hydroxylation is 1. The molecule has 0 fully saturated rings. The minimum absolute atomic E-state index is 0.283. The van der Waals surface area contributed by atoms with Crippen LogP contribution in [0.2, 0.25) is 5.02 Å². The smallest absolute Gasteiger partial charge is 0.264 e. The van der Waals surface area contributed by atoms with Crippen LogP contribution in [0.15, 0.2) is 66.7 Å². The number of nitrogens with zero attached hydrogens (tertiary/aromatic N) is 1. The summed E-state index contributed by atoms with van der Waals surface area (Å²) >= 11 is 6.19. The summed E-state index contributed by atoms with van der Waals surface area (Å²) in [6.45, 7) is 2.25. The predicted molar refractivity (Wildman–Crippen MR) is 120 cm³/mol. The Balaban J connectivity index is 1.74. The van der Waals surface area contributed by atoms with E-state index in [1.807, 2.05) is 31.2 Å². The number of hydrogen-bond donors (Lipinski definition) is 1. The van der Waals surface area contributed by atoms with Gasteiger partial charge in [-0.05, 0) is 48.4 Å². The summed E-state index contributed by atoms with van der Waals surface area (Å²) in [4.78, 5) is 28.1. The van der Waals surface area contributed by atoms with Crippen LogP contribution >= 0.6 is 11.6 Å². The summed E-state index contributed by atoms with van der Waals surface area (Å²) in [6.07, 6.45) is -0.413. The van der Waals surface area contributed by atoms with Crippen LogP contribution in [0.3, 0.4) is 0 Å². The Morgan fingerprint density at radius 1 is 1.10 bits per heavy atom.